The standard InChI is InChI=1S/C6H14NO3P.C2H6/c1-9-11(2,8)7-3-5-10-6-4-7;1-2/h3-6H2,1-2H3;1-2H3. The summed E-state index contributed by atoms with van der Waals surface area (Å²) in [6.07, 6.45) is 0. The monoisotopic (exact) mass is 209 g/mol. The molecule has 80 valence electrons. The van der Waals surface area contributed by atoms with Gasteiger partial charge < -0.3 is 9.26 Å². The molecule has 1 atom stereocenters. The van der Waals surface area contributed by atoms with E-state index < -0.39 is 7.52 Å². The van der Waals surface area contributed by atoms with E-state index >= 15 is 0 Å². The van der Waals surface area contributed by atoms with Crippen molar-refractivity contribution in [3.05, 3.63) is 0 Å². The third-order valence-corrected chi connectivity index (χ3v) is 3.95. The van der Waals surface area contributed by atoms with Crippen molar-refractivity contribution in [1.29, 1.82) is 0 Å². The van der Waals surface area contributed by atoms with Gasteiger partial charge in [0.25, 0.3) is 7.52 Å². The van der Waals surface area contributed by atoms with Crippen LogP contribution in [-0.2, 0) is 13.8 Å². The average Bonchev–Trinajstić information content (AvgIpc) is 2.22. The first kappa shape index (κ1) is 13.1. The van der Waals surface area contributed by atoms with E-state index in [9.17, 15) is 4.57 Å². The summed E-state index contributed by atoms with van der Waals surface area (Å²) in [5, 5.41) is 0. The van der Waals surface area contributed by atoms with Crippen LogP contribution in [0.25, 0.3) is 0 Å². The van der Waals surface area contributed by atoms with Gasteiger partial charge in [-0.05, 0) is 0 Å². The van der Waals surface area contributed by atoms with Gasteiger partial charge in [0.15, 0.2) is 0 Å². The van der Waals surface area contributed by atoms with Crippen molar-refractivity contribution in [2.75, 3.05) is 40.1 Å². The molecule has 1 aliphatic heterocycles. The lowest BCUT2D eigenvalue weighted by atomic mass is 10.5. The molecule has 1 fully saturated rings. The van der Waals surface area contributed by atoms with Crippen LogP contribution in [0.2, 0.25) is 0 Å². The van der Waals surface area contributed by atoms with E-state index in [4.69, 9.17) is 9.26 Å². The zero-order valence-electron chi connectivity index (χ0n) is 8.95. The lowest BCUT2D eigenvalue weighted by Crippen LogP contribution is -2.33. The molecule has 0 saturated carbocycles. The van der Waals surface area contributed by atoms with Crippen LogP contribution < -0.4 is 0 Å². The largest absolute Gasteiger partial charge is 0.379 e. The van der Waals surface area contributed by atoms with Crippen LogP contribution in [0, 0.1) is 0 Å². The molecule has 1 saturated heterocycles. The second-order valence-electron chi connectivity index (χ2n) is 2.55. The Morgan fingerprint density at radius 3 is 2.15 bits per heavy atom. The molecule has 5 heteroatoms. The molecule has 0 radical (unpaired) electrons. The topological polar surface area (TPSA) is 38.8 Å². The lowest BCUT2D eigenvalue weighted by molar-refractivity contribution is 0.0668. The van der Waals surface area contributed by atoms with Crippen LogP contribution >= 0.6 is 7.52 Å². The Balaban J connectivity index is 0.000000671. The Kier molecular flexibility index (Phi) is 6.60. The van der Waals surface area contributed by atoms with Gasteiger partial charge in [0.05, 0.1) is 13.2 Å². The van der Waals surface area contributed by atoms with Crippen molar-refractivity contribution in [2.24, 2.45) is 0 Å². The quantitative estimate of drug-likeness (QED) is 0.650. The average molecular weight is 209 g/mol. The fraction of sp³-hybridized carbons (Fsp3) is 1.00. The second-order valence-corrected chi connectivity index (χ2v) is 5.09. The van der Waals surface area contributed by atoms with Gasteiger partial charge in [0, 0.05) is 26.9 Å². The lowest BCUT2D eigenvalue weighted by Gasteiger charge is -2.30. The molecule has 0 bridgehead atoms. The minimum atomic E-state index is -2.50. The Bertz CT molecular complexity index is 169. The van der Waals surface area contributed by atoms with E-state index in [1.807, 2.05) is 18.5 Å². The SMILES string of the molecule is CC.COP(C)(=O)N1CCOCC1. The van der Waals surface area contributed by atoms with E-state index in [0.29, 0.717) is 26.3 Å². The smallest absolute Gasteiger partial charge is 0.269 e. The highest BCUT2D eigenvalue weighted by atomic mass is 31.2. The molecule has 13 heavy (non-hydrogen) atoms. The van der Waals surface area contributed by atoms with Gasteiger partial charge in [-0.3, -0.25) is 4.57 Å². The van der Waals surface area contributed by atoms with Crippen LogP contribution in [0.1, 0.15) is 13.8 Å². The fourth-order valence-electron chi connectivity index (χ4n) is 1.03. The summed E-state index contributed by atoms with van der Waals surface area (Å²) >= 11 is 0. The van der Waals surface area contributed by atoms with Crippen molar-refractivity contribution in [1.82, 2.24) is 4.67 Å². The molecule has 0 N–H and O–H groups in total. The molecule has 1 aliphatic rings. The zero-order chi connectivity index (χ0) is 10.3. The van der Waals surface area contributed by atoms with E-state index in [2.05, 4.69) is 0 Å². The normalized spacial score (nSPS) is 22.8. The second kappa shape index (κ2) is 6.55. The van der Waals surface area contributed by atoms with Crippen molar-refractivity contribution in [3.8, 4) is 0 Å². The molecule has 0 amide bonds. The van der Waals surface area contributed by atoms with Crippen molar-refractivity contribution in [2.45, 2.75) is 13.8 Å². The summed E-state index contributed by atoms with van der Waals surface area (Å²) in [5.41, 5.74) is 0. The third kappa shape index (κ3) is 4.23. The van der Waals surface area contributed by atoms with Gasteiger partial charge in [-0.2, -0.15) is 0 Å². The first-order chi connectivity index (χ1) is 6.17. The number of morpholine rings is 1. The van der Waals surface area contributed by atoms with E-state index in [-0.39, 0.29) is 0 Å². The molecular weight excluding hydrogens is 189 g/mol. The molecule has 0 aliphatic carbocycles. The first-order valence-electron chi connectivity index (χ1n) is 4.63. The first-order valence-corrected chi connectivity index (χ1v) is 6.66. The predicted molar refractivity (Wildman–Crippen MR) is 54.3 cm³/mol. The number of ether oxygens (including phenoxy) is 1. The van der Waals surface area contributed by atoms with Crippen LogP contribution in [0.3, 0.4) is 0 Å². The highest BCUT2D eigenvalue weighted by molar-refractivity contribution is 7.55. The van der Waals surface area contributed by atoms with Gasteiger partial charge in [-0.1, -0.05) is 13.8 Å². The number of hydrogen-bond acceptors (Lipinski definition) is 3. The molecule has 0 aromatic rings. The van der Waals surface area contributed by atoms with Crippen LogP contribution in [0.15, 0.2) is 0 Å². The molecule has 0 aromatic heterocycles. The zero-order valence-corrected chi connectivity index (χ0v) is 9.84. The molecule has 0 spiro atoms. The van der Waals surface area contributed by atoms with Gasteiger partial charge in [-0.15, -0.1) is 0 Å². The highest BCUT2D eigenvalue weighted by Crippen LogP contribution is 2.45. The third-order valence-electron chi connectivity index (χ3n) is 1.84. The van der Waals surface area contributed by atoms with Crippen LogP contribution in [-0.4, -0.2) is 44.7 Å². The minimum Gasteiger partial charge on any atom is -0.379 e. The van der Waals surface area contributed by atoms with E-state index in [1.54, 1.807) is 6.66 Å². The Morgan fingerprint density at radius 2 is 1.77 bits per heavy atom. The summed E-state index contributed by atoms with van der Waals surface area (Å²) < 4.78 is 23.5. The van der Waals surface area contributed by atoms with Crippen LogP contribution in [0.5, 0.6) is 0 Å². The highest BCUT2D eigenvalue weighted by Gasteiger charge is 2.26. The van der Waals surface area contributed by atoms with Crippen LogP contribution in [0.4, 0.5) is 0 Å². The van der Waals surface area contributed by atoms with Gasteiger partial charge in [0.1, 0.15) is 0 Å². The molecular formula is C8H20NO3P. The van der Waals surface area contributed by atoms with E-state index in [1.165, 1.54) is 7.11 Å². The molecule has 1 heterocycles. The summed E-state index contributed by atoms with van der Waals surface area (Å²) in [4.78, 5) is 0. The van der Waals surface area contributed by atoms with Gasteiger partial charge in [-0.25, -0.2) is 4.67 Å². The van der Waals surface area contributed by atoms with Gasteiger partial charge in [0.2, 0.25) is 0 Å². The molecule has 4 nitrogen and oxygen atoms in total. The van der Waals surface area contributed by atoms with Gasteiger partial charge >= 0.3 is 0 Å². The maximum atomic E-state index is 11.6. The Labute approximate surface area is 80.7 Å². The maximum Gasteiger partial charge on any atom is 0.269 e. The summed E-state index contributed by atoms with van der Waals surface area (Å²) in [6, 6.07) is 0. The molecule has 1 unspecified atom stereocenters. The molecule has 1 rings (SSSR count). The fourth-order valence-corrected chi connectivity index (χ4v) is 2.15. The maximum absolute atomic E-state index is 11.6. The van der Waals surface area contributed by atoms with E-state index in [0.717, 1.165) is 0 Å². The number of hydrogen-bond donors (Lipinski definition) is 0. The Morgan fingerprint density at radius 1 is 1.31 bits per heavy atom. The van der Waals surface area contributed by atoms with Crippen molar-refractivity contribution < 1.29 is 13.8 Å². The Hall–Kier alpha value is 0.110. The minimum absolute atomic E-state index is 0.654. The number of rotatable bonds is 2. The predicted octanol–water partition coefficient (Wildman–Crippen LogP) is 1.81. The summed E-state index contributed by atoms with van der Waals surface area (Å²) in [6.45, 7) is 8.37. The molecule has 0 aromatic carbocycles. The summed E-state index contributed by atoms with van der Waals surface area (Å²) in [5.74, 6) is 0. The summed E-state index contributed by atoms with van der Waals surface area (Å²) in [7, 11) is -1.01. The van der Waals surface area contributed by atoms with Crippen molar-refractivity contribution in [3.63, 3.8) is 0 Å². The van der Waals surface area contributed by atoms with Crippen molar-refractivity contribution >= 4 is 7.52 Å². The number of nitrogens with zero attached hydrogens (tertiary/aromatic N) is 1.